The summed E-state index contributed by atoms with van der Waals surface area (Å²) in [4.78, 5) is 2.31. The number of aliphatic hydroxyl groups excluding tert-OH is 2. The van der Waals surface area contributed by atoms with Gasteiger partial charge in [-0.2, -0.15) is 0 Å². The number of rotatable bonds is 3. The molecule has 0 bridgehead atoms. The fraction of sp³-hybridized carbons (Fsp3) is 0.500. The van der Waals surface area contributed by atoms with Crippen molar-refractivity contribution in [1.29, 1.82) is 0 Å². The van der Waals surface area contributed by atoms with E-state index in [4.69, 9.17) is 10.2 Å². The number of likely N-dealkylation sites (tertiary alicyclic amines) is 1. The van der Waals surface area contributed by atoms with Crippen LogP contribution in [0.2, 0.25) is 0 Å². The van der Waals surface area contributed by atoms with Gasteiger partial charge in [0.2, 0.25) is 0 Å². The summed E-state index contributed by atoms with van der Waals surface area (Å²) < 4.78 is 13.5. The van der Waals surface area contributed by atoms with Crippen molar-refractivity contribution in [1.82, 2.24) is 4.90 Å². The first-order chi connectivity index (χ1) is 9.72. The SMILES string of the molecule is OCC#Cc1cc(CN2CCC(CO)CC2)ccc1F. The molecule has 3 nitrogen and oxygen atoms in total. The summed E-state index contributed by atoms with van der Waals surface area (Å²) in [6.45, 7) is 2.69. The fourth-order valence-corrected chi connectivity index (χ4v) is 2.49. The molecule has 20 heavy (non-hydrogen) atoms. The Morgan fingerprint density at radius 3 is 2.65 bits per heavy atom. The zero-order valence-corrected chi connectivity index (χ0v) is 11.5. The van der Waals surface area contributed by atoms with Crippen LogP contribution in [0.25, 0.3) is 0 Å². The molecule has 0 aliphatic carbocycles. The monoisotopic (exact) mass is 277 g/mol. The molecule has 1 saturated heterocycles. The quantitative estimate of drug-likeness (QED) is 0.820. The Kier molecular flexibility index (Phi) is 5.54. The van der Waals surface area contributed by atoms with Crippen LogP contribution < -0.4 is 0 Å². The highest BCUT2D eigenvalue weighted by atomic mass is 19.1. The lowest BCUT2D eigenvalue weighted by Gasteiger charge is -2.31. The highest BCUT2D eigenvalue weighted by Crippen LogP contribution is 2.19. The van der Waals surface area contributed by atoms with Gasteiger partial charge in [0.15, 0.2) is 0 Å². The summed E-state index contributed by atoms with van der Waals surface area (Å²) in [7, 11) is 0. The molecule has 108 valence electrons. The summed E-state index contributed by atoms with van der Waals surface area (Å²) in [5.74, 6) is 5.17. The van der Waals surface area contributed by atoms with Crippen LogP contribution in [0.3, 0.4) is 0 Å². The summed E-state index contributed by atoms with van der Waals surface area (Å²) in [6, 6.07) is 4.95. The molecule has 1 aliphatic rings. The molecule has 2 rings (SSSR count). The molecule has 0 saturated carbocycles. The van der Waals surface area contributed by atoms with Gasteiger partial charge < -0.3 is 10.2 Å². The molecule has 0 radical (unpaired) electrons. The third-order valence-electron chi connectivity index (χ3n) is 3.70. The number of nitrogens with zero attached hydrogens (tertiary/aromatic N) is 1. The van der Waals surface area contributed by atoms with Crippen LogP contribution >= 0.6 is 0 Å². The Labute approximate surface area is 119 Å². The lowest BCUT2D eigenvalue weighted by Crippen LogP contribution is -2.34. The second-order valence-electron chi connectivity index (χ2n) is 5.18. The van der Waals surface area contributed by atoms with Gasteiger partial charge in [0.05, 0.1) is 5.56 Å². The Morgan fingerprint density at radius 1 is 1.25 bits per heavy atom. The number of piperidine rings is 1. The van der Waals surface area contributed by atoms with Gasteiger partial charge in [-0.05, 0) is 49.5 Å². The fourth-order valence-electron chi connectivity index (χ4n) is 2.49. The summed E-state index contributed by atoms with van der Waals surface area (Å²) in [6.07, 6.45) is 2.02. The van der Waals surface area contributed by atoms with Crippen LogP contribution in [0.15, 0.2) is 18.2 Å². The van der Waals surface area contributed by atoms with Crippen molar-refractivity contribution < 1.29 is 14.6 Å². The van der Waals surface area contributed by atoms with E-state index < -0.39 is 0 Å². The van der Waals surface area contributed by atoms with Crippen molar-refractivity contribution in [3.05, 3.63) is 35.1 Å². The Hall–Kier alpha value is -1.41. The maximum absolute atomic E-state index is 13.5. The molecular formula is C16H20FNO2. The molecule has 0 atom stereocenters. The van der Waals surface area contributed by atoms with E-state index in [1.807, 2.05) is 0 Å². The molecule has 4 heteroatoms. The maximum Gasteiger partial charge on any atom is 0.138 e. The Bertz CT molecular complexity index is 499. The van der Waals surface area contributed by atoms with Gasteiger partial charge in [-0.25, -0.2) is 4.39 Å². The zero-order chi connectivity index (χ0) is 14.4. The van der Waals surface area contributed by atoms with E-state index in [0.29, 0.717) is 11.5 Å². The lowest BCUT2D eigenvalue weighted by molar-refractivity contribution is 0.127. The zero-order valence-electron chi connectivity index (χ0n) is 11.5. The van der Waals surface area contributed by atoms with Crippen molar-refractivity contribution >= 4 is 0 Å². The summed E-state index contributed by atoms with van der Waals surface area (Å²) in [5.41, 5.74) is 1.36. The normalized spacial score (nSPS) is 16.8. The smallest absolute Gasteiger partial charge is 0.138 e. The third kappa shape index (κ3) is 4.04. The predicted octanol–water partition coefficient (Wildman–Crippen LogP) is 1.37. The van der Waals surface area contributed by atoms with Gasteiger partial charge in [0, 0.05) is 13.2 Å². The number of aliphatic hydroxyl groups is 2. The highest BCUT2D eigenvalue weighted by Gasteiger charge is 2.18. The minimum atomic E-state index is -0.353. The number of benzene rings is 1. The maximum atomic E-state index is 13.5. The summed E-state index contributed by atoms with van der Waals surface area (Å²) >= 11 is 0. The first kappa shape index (κ1) is 15.0. The minimum Gasteiger partial charge on any atom is -0.396 e. The van der Waals surface area contributed by atoms with E-state index in [2.05, 4.69) is 16.7 Å². The minimum absolute atomic E-state index is 0.266. The van der Waals surface area contributed by atoms with Crippen LogP contribution in [0, 0.1) is 23.6 Å². The topological polar surface area (TPSA) is 43.7 Å². The van der Waals surface area contributed by atoms with Crippen molar-refractivity contribution in [3.63, 3.8) is 0 Å². The molecule has 1 aromatic rings. The molecular weight excluding hydrogens is 257 g/mol. The predicted molar refractivity (Wildman–Crippen MR) is 75.5 cm³/mol. The largest absolute Gasteiger partial charge is 0.396 e. The second kappa shape index (κ2) is 7.39. The van der Waals surface area contributed by atoms with Crippen molar-refractivity contribution in [3.8, 4) is 11.8 Å². The number of hydrogen-bond acceptors (Lipinski definition) is 3. The van der Waals surface area contributed by atoms with Crippen LogP contribution in [0.5, 0.6) is 0 Å². The van der Waals surface area contributed by atoms with Crippen LogP contribution in [0.1, 0.15) is 24.0 Å². The van der Waals surface area contributed by atoms with E-state index in [1.54, 1.807) is 12.1 Å². The average molecular weight is 277 g/mol. The van der Waals surface area contributed by atoms with E-state index >= 15 is 0 Å². The standard InChI is InChI=1S/C16H20FNO2/c17-16-4-3-14(10-15(16)2-1-9-19)11-18-7-5-13(12-20)6-8-18/h3-4,10,13,19-20H,5-9,11-12H2. The first-order valence-corrected chi connectivity index (χ1v) is 6.94. The van der Waals surface area contributed by atoms with Crippen LogP contribution in [-0.4, -0.2) is 41.4 Å². The van der Waals surface area contributed by atoms with E-state index in [1.165, 1.54) is 6.07 Å². The van der Waals surface area contributed by atoms with Crippen LogP contribution in [0.4, 0.5) is 4.39 Å². The lowest BCUT2D eigenvalue weighted by atomic mass is 9.97. The molecule has 1 fully saturated rings. The Balaban J connectivity index is 1.99. The first-order valence-electron chi connectivity index (χ1n) is 6.94. The van der Waals surface area contributed by atoms with Gasteiger partial charge in [-0.1, -0.05) is 17.9 Å². The van der Waals surface area contributed by atoms with E-state index in [0.717, 1.165) is 38.0 Å². The third-order valence-corrected chi connectivity index (χ3v) is 3.70. The molecule has 0 aromatic heterocycles. The van der Waals surface area contributed by atoms with Gasteiger partial charge in [-0.3, -0.25) is 4.90 Å². The molecule has 1 aromatic carbocycles. The van der Waals surface area contributed by atoms with Crippen molar-refractivity contribution in [2.24, 2.45) is 5.92 Å². The second-order valence-corrected chi connectivity index (χ2v) is 5.18. The molecule has 0 amide bonds. The molecule has 0 unspecified atom stereocenters. The van der Waals surface area contributed by atoms with Gasteiger partial charge in [0.25, 0.3) is 0 Å². The number of hydrogen-bond donors (Lipinski definition) is 2. The van der Waals surface area contributed by atoms with Crippen LogP contribution in [-0.2, 0) is 6.54 Å². The Morgan fingerprint density at radius 2 is 2.00 bits per heavy atom. The number of halogens is 1. The van der Waals surface area contributed by atoms with Gasteiger partial charge in [0.1, 0.15) is 12.4 Å². The molecule has 1 aliphatic heterocycles. The molecule has 0 spiro atoms. The van der Waals surface area contributed by atoms with Crippen molar-refractivity contribution in [2.75, 3.05) is 26.3 Å². The van der Waals surface area contributed by atoms with Gasteiger partial charge in [-0.15, -0.1) is 0 Å². The highest BCUT2D eigenvalue weighted by molar-refractivity contribution is 5.38. The molecule has 1 heterocycles. The average Bonchev–Trinajstić information content (AvgIpc) is 2.48. The summed E-state index contributed by atoms with van der Waals surface area (Å²) in [5, 5.41) is 17.8. The van der Waals surface area contributed by atoms with E-state index in [9.17, 15) is 4.39 Å². The van der Waals surface area contributed by atoms with E-state index in [-0.39, 0.29) is 19.0 Å². The molecule has 2 N–H and O–H groups in total. The van der Waals surface area contributed by atoms with Crippen molar-refractivity contribution in [2.45, 2.75) is 19.4 Å². The van der Waals surface area contributed by atoms with Gasteiger partial charge >= 0.3 is 0 Å².